The van der Waals surface area contributed by atoms with Gasteiger partial charge < -0.3 is 29.2 Å². The number of aromatic nitrogens is 2. The third-order valence-electron chi connectivity index (χ3n) is 8.70. The van der Waals surface area contributed by atoms with Crippen LogP contribution in [0.25, 0.3) is 11.3 Å². The minimum absolute atomic E-state index is 0.00294. The zero-order valence-electron chi connectivity index (χ0n) is 28.6. The molecule has 5 rings (SSSR count). The van der Waals surface area contributed by atoms with Crippen molar-refractivity contribution in [2.45, 2.75) is 20.8 Å². The highest BCUT2D eigenvalue weighted by Crippen LogP contribution is 2.33. The Hall–Kier alpha value is -4.94. The second-order valence-electron chi connectivity index (χ2n) is 11.8. The molecule has 1 aromatic heterocycles. The van der Waals surface area contributed by atoms with Crippen LogP contribution in [0, 0.1) is 26.6 Å². The lowest BCUT2D eigenvalue weighted by molar-refractivity contribution is 0.132. The van der Waals surface area contributed by atoms with Gasteiger partial charge in [0.05, 0.1) is 25.6 Å². The van der Waals surface area contributed by atoms with Gasteiger partial charge >= 0.3 is 6.09 Å². The summed E-state index contributed by atoms with van der Waals surface area (Å²) >= 11 is 0. The molecule has 1 saturated heterocycles. The number of halogens is 1. The Kier molecular flexibility index (Phi) is 11.0. The Morgan fingerprint density at radius 1 is 0.917 bits per heavy atom. The van der Waals surface area contributed by atoms with Gasteiger partial charge in [0.25, 0.3) is 0 Å². The van der Waals surface area contributed by atoms with E-state index in [9.17, 15) is 4.79 Å². The number of carbonyl (C=O) groups excluding carboxylic acids is 1. The van der Waals surface area contributed by atoms with Gasteiger partial charge in [-0.1, -0.05) is 12.1 Å². The second kappa shape index (κ2) is 15.3. The van der Waals surface area contributed by atoms with Crippen LogP contribution in [0.15, 0.2) is 54.6 Å². The van der Waals surface area contributed by atoms with E-state index in [-0.39, 0.29) is 17.6 Å². The van der Waals surface area contributed by atoms with Crippen LogP contribution in [0.5, 0.6) is 23.1 Å². The fraction of sp³-hybridized carbons (Fsp3) is 0.361. The fourth-order valence-corrected chi connectivity index (χ4v) is 5.40. The molecule has 0 bridgehead atoms. The number of piperazine rings is 1. The lowest BCUT2D eigenvalue weighted by Gasteiger charge is -2.32. The number of nitrogens with one attached hydrogen (secondary N) is 1. The number of benzene rings is 3. The number of nitrogens with zero attached hydrogens (tertiary/aromatic N) is 5. The number of hydrogen-bond acceptors (Lipinski definition) is 10. The minimum Gasteiger partial charge on any atom is -0.497 e. The van der Waals surface area contributed by atoms with Crippen molar-refractivity contribution in [2.24, 2.45) is 0 Å². The van der Waals surface area contributed by atoms with E-state index in [0.29, 0.717) is 35.2 Å². The predicted molar refractivity (Wildman–Crippen MR) is 185 cm³/mol. The summed E-state index contributed by atoms with van der Waals surface area (Å²) in [5, 5.41) is 3.08. The van der Waals surface area contributed by atoms with Gasteiger partial charge in [0.2, 0.25) is 11.8 Å². The summed E-state index contributed by atoms with van der Waals surface area (Å²) in [5.74, 6) is 0.785. The molecular weight excluding hydrogens is 615 g/mol. The standard InChI is InChI=1S/C36H43FN6O5/c1-23-8-11-28(25(3)24(23)2)30-22-34(48-36(44)42(5)31-21-27(45-6)10-13-33(31)46-7)40-35(39-30)38-26-9-12-32(29(37)20-26)47-19-18-43-16-14-41(4)15-17-43/h8-13,20-22H,14-19H2,1-7H3,(H,38,39,40). The quantitative estimate of drug-likeness (QED) is 0.200. The SMILES string of the molecule is COc1ccc(OC)c(N(C)C(=O)Oc2cc(-c3ccc(C)c(C)c3C)nc(Nc3ccc(OCCN4CCN(C)CC4)c(F)c3)n2)c1. The van der Waals surface area contributed by atoms with Gasteiger partial charge in [-0.3, -0.25) is 9.80 Å². The number of anilines is 3. The van der Waals surface area contributed by atoms with Crippen LogP contribution in [0.1, 0.15) is 16.7 Å². The summed E-state index contributed by atoms with van der Waals surface area (Å²) in [7, 11) is 6.72. The summed E-state index contributed by atoms with van der Waals surface area (Å²) < 4.78 is 37.5. The maximum atomic E-state index is 15.1. The van der Waals surface area contributed by atoms with E-state index in [1.807, 2.05) is 32.9 Å². The number of methoxy groups -OCH3 is 2. The summed E-state index contributed by atoms with van der Waals surface area (Å²) in [6, 6.07) is 15.3. The van der Waals surface area contributed by atoms with Crippen molar-refractivity contribution in [1.29, 1.82) is 0 Å². The lowest BCUT2D eigenvalue weighted by atomic mass is 9.97. The molecule has 11 nitrogen and oxygen atoms in total. The molecule has 48 heavy (non-hydrogen) atoms. The molecule has 2 heterocycles. The van der Waals surface area contributed by atoms with E-state index in [0.717, 1.165) is 55.0 Å². The van der Waals surface area contributed by atoms with Gasteiger partial charge in [-0.25, -0.2) is 14.2 Å². The molecule has 1 N–H and O–H groups in total. The molecule has 1 aliphatic rings. The summed E-state index contributed by atoms with van der Waals surface area (Å²) in [4.78, 5) is 28.5. The number of aryl methyl sites for hydroxylation is 1. The first-order valence-electron chi connectivity index (χ1n) is 15.8. The van der Waals surface area contributed by atoms with Crippen molar-refractivity contribution in [3.05, 3.63) is 77.1 Å². The average molecular weight is 659 g/mol. The predicted octanol–water partition coefficient (Wildman–Crippen LogP) is 6.23. The third kappa shape index (κ3) is 8.12. The molecule has 1 amide bonds. The highest BCUT2D eigenvalue weighted by Gasteiger charge is 2.21. The molecule has 3 aromatic carbocycles. The summed E-state index contributed by atoms with van der Waals surface area (Å²) in [5.41, 5.74) is 5.52. The van der Waals surface area contributed by atoms with E-state index in [1.165, 1.54) is 25.2 Å². The van der Waals surface area contributed by atoms with Crippen LogP contribution < -0.4 is 29.2 Å². The Morgan fingerprint density at radius 2 is 1.67 bits per heavy atom. The molecular formula is C36H43FN6O5. The lowest BCUT2D eigenvalue weighted by Crippen LogP contribution is -2.45. The maximum Gasteiger partial charge on any atom is 0.420 e. The van der Waals surface area contributed by atoms with E-state index in [2.05, 4.69) is 27.1 Å². The van der Waals surface area contributed by atoms with E-state index in [4.69, 9.17) is 23.9 Å². The molecule has 4 aromatic rings. The molecule has 12 heteroatoms. The van der Waals surface area contributed by atoms with Gasteiger partial charge in [-0.15, -0.1) is 0 Å². The van der Waals surface area contributed by atoms with Gasteiger partial charge in [0, 0.05) is 69.2 Å². The van der Waals surface area contributed by atoms with Crippen LogP contribution in [0.4, 0.5) is 26.5 Å². The van der Waals surface area contributed by atoms with Crippen molar-refractivity contribution in [3.63, 3.8) is 0 Å². The number of hydrogen-bond donors (Lipinski definition) is 1. The van der Waals surface area contributed by atoms with Gasteiger partial charge in [-0.2, -0.15) is 4.98 Å². The minimum atomic E-state index is -0.710. The number of carbonyl (C=O) groups is 1. The third-order valence-corrected chi connectivity index (χ3v) is 8.70. The first-order valence-corrected chi connectivity index (χ1v) is 15.8. The largest absolute Gasteiger partial charge is 0.497 e. The van der Waals surface area contributed by atoms with Gasteiger partial charge in [0.15, 0.2) is 11.6 Å². The molecule has 1 fully saturated rings. The number of likely N-dealkylation sites (N-methyl/N-ethyl adjacent to an activating group) is 1. The molecule has 0 unspecified atom stereocenters. The Balaban J connectivity index is 1.38. The van der Waals surface area contributed by atoms with Crippen molar-refractivity contribution >= 4 is 23.4 Å². The first kappa shape index (κ1) is 34.4. The van der Waals surface area contributed by atoms with Crippen LogP contribution in [0.3, 0.4) is 0 Å². The smallest absolute Gasteiger partial charge is 0.420 e. The van der Waals surface area contributed by atoms with Crippen LogP contribution in [-0.2, 0) is 0 Å². The van der Waals surface area contributed by atoms with E-state index >= 15 is 4.39 Å². The van der Waals surface area contributed by atoms with Crippen molar-refractivity contribution in [3.8, 4) is 34.4 Å². The highest BCUT2D eigenvalue weighted by molar-refractivity contribution is 5.90. The summed E-state index contributed by atoms with van der Waals surface area (Å²) in [6.45, 7) is 11.2. The van der Waals surface area contributed by atoms with Gasteiger partial charge in [0.1, 0.15) is 18.1 Å². The van der Waals surface area contributed by atoms with E-state index < -0.39 is 11.9 Å². The van der Waals surface area contributed by atoms with E-state index in [1.54, 1.807) is 43.4 Å². The molecule has 0 saturated carbocycles. The Labute approximate surface area is 281 Å². The zero-order valence-corrected chi connectivity index (χ0v) is 28.6. The molecule has 0 radical (unpaired) electrons. The van der Waals surface area contributed by atoms with Crippen molar-refractivity contribution in [2.75, 3.05) is 77.9 Å². The van der Waals surface area contributed by atoms with Crippen molar-refractivity contribution < 1.29 is 28.1 Å². The number of amides is 1. The second-order valence-corrected chi connectivity index (χ2v) is 11.8. The monoisotopic (exact) mass is 658 g/mol. The summed E-state index contributed by atoms with van der Waals surface area (Å²) in [6.07, 6.45) is -0.710. The average Bonchev–Trinajstić information content (AvgIpc) is 3.08. The number of ether oxygens (including phenoxy) is 4. The molecule has 254 valence electrons. The number of rotatable bonds is 11. The maximum absolute atomic E-state index is 15.1. The van der Waals surface area contributed by atoms with Crippen LogP contribution >= 0.6 is 0 Å². The van der Waals surface area contributed by atoms with Crippen molar-refractivity contribution in [1.82, 2.24) is 19.8 Å². The Morgan fingerprint density at radius 3 is 2.38 bits per heavy atom. The first-order chi connectivity index (χ1) is 23.1. The normalized spacial score (nSPS) is 13.6. The zero-order chi connectivity index (χ0) is 34.4. The fourth-order valence-electron chi connectivity index (χ4n) is 5.40. The van der Waals surface area contributed by atoms with Crippen LogP contribution in [-0.4, -0.2) is 93.5 Å². The molecule has 0 atom stereocenters. The molecule has 0 spiro atoms. The Bertz CT molecular complexity index is 1760. The van der Waals surface area contributed by atoms with Crippen LogP contribution in [0.2, 0.25) is 0 Å². The highest BCUT2D eigenvalue weighted by atomic mass is 19.1. The molecule has 1 aliphatic heterocycles. The topological polar surface area (TPSA) is 102 Å². The van der Waals surface area contributed by atoms with Gasteiger partial charge in [-0.05, 0) is 68.8 Å². The molecule has 0 aliphatic carbocycles.